The summed E-state index contributed by atoms with van der Waals surface area (Å²) in [5, 5.41) is 12.9. The van der Waals surface area contributed by atoms with E-state index in [0.717, 1.165) is 0 Å². The van der Waals surface area contributed by atoms with Gasteiger partial charge in [0.25, 0.3) is 10.0 Å². The highest BCUT2D eigenvalue weighted by Crippen LogP contribution is 2.18. The third kappa shape index (κ3) is 6.33. The van der Waals surface area contributed by atoms with Gasteiger partial charge in [0, 0.05) is 29.8 Å². The van der Waals surface area contributed by atoms with Gasteiger partial charge < -0.3 is 15.2 Å². The van der Waals surface area contributed by atoms with Crippen LogP contribution in [0.3, 0.4) is 0 Å². The van der Waals surface area contributed by atoms with E-state index in [1.165, 1.54) is 30.3 Å². The highest BCUT2D eigenvalue weighted by molar-refractivity contribution is 7.92. The van der Waals surface area contributed by atoms with E-state index in [4.69, 9.17) is 0 Å². The number of amides is 1. The molecule has 0 radical (unpaired) electrons. The number of carbonyl (C=O) groups is 2. The standard InChI is InChI=1S/C17H20N4O5S/c1-11-10-15(19-12(2)18-11)21-27(25,26)14-8-6-13(7-9-14)20-16(22)4-3-5-17(23)24/h6-10H,3-5H2,1-2H3,(H,20,22)(H,23,24)(H,18,19,21)/p-1. The maximum Gasteiger partial charge on any atom is 0.263 e. The van der Waals surface area contributed by atoms with E-state index in [1.54, 1.807) is 13.8 Å². The summed E-state index contributed by atoms with van der Waals surface area (Å²) in [5.41, 5.74) is 1.04. The number of nitrogens with one attached hydrogen (secondary N) is 2. The van der Waals surface area contributed by atoms with Crippen molar-refractivity contribution in [2.75, 3.05) is 10.0 Å². The first-order valence-corrected chi connectivity index (χ1v) is 9.59. The molecule has 0 aliphatic carbocycles. The van der Waals surface area contributed by atoms with Crippen LogP contribution in [0.4, 0.5) is 11.5 Å². The summed E-state index contributed by atoms with van der Waals surface area (Å²) >= 11 is 0. The number of carbonyl (C=O) groups excluding carboxylic acids is 2. The van der Waals surface area contributed by atoms with Crippen LogP contribution in [0.25, 0.3) is 0 Å². The molecule has 0 spiro atoms. The van der Waals surface area contributed by atoms with Crippen molar-refractivity contribution in [2.45, 2.75) is 38.0 Å². The van der Waals surface area contributed by atoms with E-state index in [2.05, 4.69) is 20.0 Å². The summed E-state index contributed by atoms with van der Waals surface area (Å²) < 4.78 is 27.3. The van der Waals surface area contributed by atoms with Crippen LogP contribution in [0.15, 0.2) is 35.2 Å². The predicted octanol–water partition coefficient (Wildman–Crippen LogP) is 0.753. The Bertz CT molecular complexity index is 922. The molecule has 10 heteroatoms. The van der Waals surface area contributed by atoms with Gasteiger partial charge in [0.15, 0.2) is 0 Å². The van der Waals surface area contributed by atoms with Gasteiger partial charge in [-0.15, -0.1) is 0 Å². The summed E-state index contributed by atoms with van der Waals surface area (Å²) in [5.74, 6) is -0.953. The molecule has 9 nitrogen and oxygen atoms in total. The molecule has 2 N–H and O–H groups in total. The Hall–Kier alpha value is -3.01. The number of carboxylic acid groups (broad SMARTS) is 1. The molecule has 1 aromatic heterocycles. The Kier molecular flexibility index (Phi) is 6.45. The number of hydrogen-bond donors (Lipinski definition) is 2. The second-order valence-electron chi connectivity index (χ2n) is 5.85. The largest absolute Gasteiger partial charge is 0.550 e. The third-order valence-electron chi connectivity index (χ3n) is 3.44. The van der Waals surface area contributed by atoms with Gasteiger partial charge >= 0.3 is 0 Å². The Balaban J connectivity index is 2.02. The highest BCUT2D eigenvalue weighted by Gasteiger charge is 2.15. The fourth-order valence-electron chi connectivity index (χ4n) is 2.30. The normalized spacial score (nSPS) is 11.0. The molecule has 144 valence electrons. The van der Waals surface area contributed by atoms with Gasteiger partial charge in [-0.2, -0.15) is 0 Å². The molecule has 1 heterocycles. The van der Waals surface area contributed by atoms with E-state index in [0.29, 0.717) is 17.2 Å². The molecule has 27 heavy (non-hydrogen) atoms. The van der Waals surface area contributed by atoms with Gasteiger partial charge in [-0.05, 0) is 51.0 Å². The van der Waals surface area contributed by atoms with Crippen molar-refractivity contribution in [3.8, 4) is 0 Å². The first-order chi connectivity index (χ1) is 12.7. The quantitative estimate of drug-likeness (QED) is 0.676. The van der Waals surface area contributed by atoms with Crippen molar-refractivity contribution in [3.63, 3.8) is 0 Å². The number of aliphatic carboxylic acids is 1. The van der Waals surface area contributed by atoms with Gasteiger partial charge in [0.05, 0.1) is 4.90 Å². The maximum absolute atomic E-state index is 12.4. The first-order valence-electron chi connectivity index (χ1n) is 8.10. The van der Waals surface area contributed by atoms with Crippen molar-refractivity contribution < 1.29 is 23.1 Å². The van der Waals surface area contributed by atoms with Crippen LogP contribution in [0.2, 0.25) is 0 Å². The summed E-state index contributed by atoms with van der Waals surface area (Å²) in [6.07, 6.45) is 0.00256. The van der Waals surface area contributed by atoms with E-state index in [9.17, 15) is 23.1 Å². The van der Waals surface area contributed by atoms with Crippen molar-refractivity contribution in [3.05, 3.63) is 41.9 Å². The predicted molar refractivity (Wildman–Crippen MR) is 96.2 cm³/mol. The molecule has 0 aliphatic rings. The molecule has 2 aromatic rings. The van der Waals surface area contributed by atoms with Crippen LogP contribution < -0.4 is 15.1 Å². The maximum atomic E-state index is 12.4. The number of rotatable bonds is 8. The number of aromatic nitrogens is 2. The van der Waals surface area contributed by atoms with Crippen molar-refractivity contribution >= 4 is 33.4 Å². The van der Waals surface area contributed by atoms with Crippen LogP contribution in [0, 0.1) is 13.8 Å². The molecule has 0 unspecified atom stereocenters. The zero-order valence-corrected chi connectivity index (χ0v) is 15.7. The number of aryl methyl sites for hydroxylation is 2. The molecule has 0 saturated heterocycles. The van der Waals surface area contributed by atoms with E-state index in [1.807, 2.05) is 0 Å². The van der Waals surface area contributed by atoms with Crippen molar-refractivity contribution in [1.82, 2.24) is 9.97 Å². The average Bonchev–Trinajstić information content (AvgIpc) is 2.53. The van der Waals surface area contributed by atoms with Crippen molar-refractivity contribution in [2.24, 2.45) is 0 Å². The SMILES string of the molecule is Cc1cc(NS(=O)(=O)c2ccc(NC(=O)CCCC(=O)[O-])cc2)nc(C)n1. The van der Waals surface area contributed by atoms with Crippen LogP contribution in [-0.4, -0.2) is 30.3 Å². The minimum atomic E-state index is -3.84. The molecule has 0 saturated carbocycles. The summed E-state index contributed by atoms with van der Waals surface area (Å²) in [6, 6.07) is 7.11. The smallest absolute Gasteiger partial charge is 0.263 e. The minimum absolute atomic E-state index is 0.00590. The number of anilines is 2. The Morgan fingerprint density at radius 1 is 1.07 bits per heavy atom. The molecular formula is C17H19N4O5S-. The molecule has 0 aliphatic heterocycles. The van der Waals surface area contributed by atoms with Gasteiger partial charge in [-0.1, -0.05) is 0 Å². The molecule has 1 amide bonds. The number of hydrogen-bond acceptors (Lipinski definition) is 7. The topological polar surface area (TPSA) is 141 Å². The molecule has 0 fully saturated rings. The zero-order valence-electron chi connectivity index (χ0n) is 14.9. The van der Waals surface area contributed by atoms with Gasteiger partial charge in [0.1, 0.15) is 11.6 Å². The molecule has 0 atom stereocenters. The summed E-state index contributed by atoms with van der Waals surface area (Å²) in [4.78, 5) is 30.2. The molecule has 2 rings (SSSR count). The zero-order chi connectivity index (χ0) is 20.0. The lowest BCUT2D eigenvalue weighted by molar-refractivity contribution is -0.305. The average molecular weight is 391 g/mol. The highest BCUT2D eigenvalue weighted by atomic mass is 32.2. The fourth-order valence-corrected chi connectivity index (χ4v) is 3.29. The van der Waals surface area contributed by atoms with Crippen molar-refractivity contribution in [1.29, 1.82) is 0 Å². The van der Waals surface area contributed by atoms with Crippen LogP contribution >= 0.6 is 0 Å². The van der Waals surface area contributed by atoms with Crippen LogP contribution in [-0.2, 0) is 19.6 Å². The summed E-state index contributed by atoms with van der Waals surface area (Å²) in [7, 11) is -3.84. The Morgan fingerprint density at radius 3 is 2.33 bits per heavy atom. The second-order valence-corrected chi connectivity index (χ2v) is 7.53. The lowest BCUT2D eigenvalue weighted by atomic mass is 10.2. The number of sulfonamides is 1. The van der Waals surface area contributed by atoms with Crippen LogP contribution in [0.5, 0.6) is 0 Å². The summed E-state index contributed by atoms with van der Waals surface area (Å²) in [6.45, 7) is 3.40. The lowest BCUT2D eigenvalue weighted by Gasteiger charge is -2.10. The number of nitrogens with zero attached hydrogens (tertiary/aromatic N) is 2. The number of carboxylic acids is 1. The lowest BCUT2D eigenvalue weighted by Crippen LogP contribution is -2.22. The van der Waals surface area contributed by atoms with Gasteiger partial charge in [0.2, 0.25) is 5.91 Å². The Morgan fingerprint density at radius 2 is 1.74 bits per heavy atom. The fraction of sp³-hybridized carbons (Fsp3) is 0.294. The van der Waals surface area contributed by atoms with Crippen LogP contribution in [0.1, 0.15) is 30.8 Å². The van der Waals surface area contributed by atoms with E-state index >= 15 is 0 Å². The molecular weight excluding hydrogens is 372 g/mol. The second kappa shape index (κ2) is 8.58. The first kappa shape index (κ1) is 20.3. The van der Waals surface area contributed by atoms with E-state index in [-0.39, 0.29) is 35.9 Å². The Labute approximate surface area is 156 Å². The molecule has 0 bridgehead atoms. The third-order valence-corrected chi connectivity index (χ3v) is 4.81. The minimum Gasteiger partial charge on any atom is -0.550 e. The molecule has 1 aromatic carbocycles. The monoisotopic (exact) mass is 391 g/mol. The van der Waals surface area contributed by atoms with Gasteiger partial charge in [-0.25, -0.2) is 18.4 Å². The number of benzene rings is 1. The van der Waals surface area contributed by atoms with Gasteiger partial charge in [-0.3, -0.25) is 9.52 Å². The van der Waals surface area contributed by atoms with E-state index < -0.39 is 16.0 Å².